The lowest BCUT2D eigenvalue weighted by Gasteiger charge is -2.21. The molecular formula is C20H26N4O2. The fourth-order valence-corrected chi connectivity index (χ4v) is 3.31. The van der Waals surface area contributed by atoms with Gasteiger partial charge in [0.2, 0.25) is 0 Å². The van der Waals surface area contributed by atoms with Crippen molar-refractivity contribution in [2.75, 3.05) is 18.4 Å². The molecule has 2 amide bonds. The zero-order valence-corrected chi connectivity index (χ0v) is 15.9. The molecule has 1 aliphatic heterocycles. The molecule has 1 aromatic heterocycles. The molecule has 1 N–H and O–H groups in total. The smallest absolute Gasteiger partial charge is 0.259 e. The number of rotatable bonds is 3. The van der Waals surface area contributed by atoms with Gasteiger partial charge in [-0.1, -0.05) is 0 Å². The zero-order valence-electron chi connectivity index (χ0n) is 15.9. The van der Waals surface area contributed by atoms with Crippen LogP contribution in [0.15, 0.2) is 30.5 Å². The summed E-state index contributed by atoms with van der Waals surface area (Å²) in [7, 11) is 0. The number of aromatic nitrogens is 2. The molecule has 1 aromatic carbocycles. The van der Waals surface area contributed by atoms with Crippen LogP contribution < -0.4 is 5.32 Å². The average molecular weight is 354 g/mol. The Bertz CT molecular complexity index is 809. The van der Waals surface area contributed by atoms with Gasteiger partial charge in [-0.3, -0.25) is 14.3 Å². The highest BCUT2D eigenvalue weighted by molar-refractivity contribution is 6.05. The van der Waals surface area contributed by atoms with Crippen LogP contribution in [-0.2, 0) is 5.54 Å². The Kier molecular flexibility index (Phi) is 4.85. The fraction of sp³-hybridized carbons (Fsp3) is 0.450. The van der Waals surface area contributed by atoms with Gasteiger partial charge in [0, 0.05) is 30.0 Å². The number of hydrogen-bond donors (Lipinski definition) is 1. The van der Waals surface area contributed by atoms with Gasteiger partial charge in [-0.25, -0.2) is 0 Å². The van der Waals surface area contributed by atoms with Gasteiger partial charge < -0.3 is 10.2 Å². The Morgan fingerprint density at radius 2 is 1.69 bits per heavy atom. The number of amides is 2. The van der Waals surface area contributed by atoms with Crippen molar-refractivity contribution >= 4 is 17.5 Å². The van der Waals surface area contributed by atoms with Crippen LogP contribution in [0.4, 0.5) is 5.69 Å². The SMILES string of the molecule is Cc1c(C(=O)Nc2ccc(C(=O)N3CCCC3)cc2)cnn1C(C)(C)C. The third-order valence-corrected chi connectivity index (χ3v) is 4.67. The van der Waals surface area contributed by atoms with Crippen molar-refractivity contribution in [3.05, 3.63) is 47.3 Å². The van der Waals surface area contributed by atoms with Gasteiger partial charge in [0.25, 0.3) is 11.8 Å². The minimum absolute atomic E-state index is 0.0580. The molecule has 1 fully saturated rings. The quantitative estimate of drug-likeness (QED) is 0.918. The summed E-state index contributed by atoms with van der Waals surface area (Å²) in [5.74, 6) is -0.140. The first-order chi connectivity index (χ1) is 12.3. The molecule has 0 atom stereocenters. The van der Waals surface area contributed by atoms with Crippen LogP contribution in [0.3, 0.4) is 0 Å². The van der Waals surface area contributed by atoms with E-state index in [-0.39, 0.29) is 17.4 Å². The normalized spacial score (nSPS) is 14.5. The molecule has 2 heterocycles. The van der Waals surface area contributed by atoms with E-state index < -0.39 is 0 Å². The van der Waals surface area contributed by atoms with Crippen LogP contribution in [0.2, 0.25) is 0 Å². The number of carbonyl (C=O) groups is 2. The number of nitrogens with zero attached hydrogens (tertiary/aromatic N) is 3. The molecule has 0 unspecified atom stereocenters. The van der Waals surface area contributed by atoms with E-state index in [1.54, 1.807) is 30.5 Å². The van der Waals surface area contributed by atoms with Crippen molar-refractivity contribution in [1.82, 2.24) is 14.7 Å². The summed E-state index contributed by atoms with van der Waals surface area (Å²) in [5, 5.41) is 7.22. The van der Waals surface area contributed by atoms with Crippen molar-refractivity contribution in [2.45, 2.75) is 46.1 Å². The Morgan fingerprint density at radius 3 is 2.23 bits per heavy atom. The van der Waals surface area contributed by atoms with Gasteiger partial charge in [0.05, 0.1) is 17.3 Å². The van der Waals surface area contributed by atoms with E-state index in [2.05, 4.69) is 10.4 Å². The summed E-state index contributed by atoms with van der Waals surface area (Å²) >= 11 is 0. The third-order valence-electron chi connectivity index (χ3n) is 4.67. The van der Waals surface area contributed by atoms with Crippen molar-refractivity contribution < 1.29 is 9.59 Å². The van der Waals surface area contributed by atoms with Crippen LogP contribution in [0, 0.1) is 6.92 Å². The molecule has 6 nitrogen and oxygen atoms in total. The zero-order chi connectivity index (χ0) is 18.9. The molecule has 0 radical (unpaired) electrons. The first kappa shape index (κ1) is 18.2. The van der Waals surface area contributed by atoms with Crippen LogP contribution in [0.25, 0.3) is 0 Å². The maximum atomic E-state index is 12.6. The molecule has 6 heteroatoms. The first-order valence-corrected chi connectivity index (χ1v) is 9.03. The Balaban J connectivity index is 1.70. The number of benzene rings is 1. The summed E-state index contributed by atoms with van der Waals surface area (Å²) in [5.41, 5.74) is 2.52. The summed E-state index contributed by atoms with van der Waals surface area (Å²) < 4.78 is 1.85. The fourth-order valence-electron chi connectivity index (χ4n) is 3.31. The summed E-state index contributed by atoms with van der Waals surface area (Å²) in [6, 6.07) is 7.07. The molecule has 0 aliphatic carbocycles. The summed E-state index contributed by atoms with van der Waals surface area (Å²) in [6.45, 7) is 9.69. The summed E-state index contributed by atoms with van der Waals surface area (Å²) in [4.78, 5) is 26.8. The standard InChI is InChI=1S/C20H26N4O2/c1-14-17(13-21-24(14)20(2,3)4)18(25)22-16-9-7-15(8-10-16)19(26)23-11-5-6-12-23/h7-10,13H,5-6,11-12H2,1-4H3,(H,22,25). The lowest BCUT2D eigenvalue weighted by molar-refractivity contribution is 0.0792. The van der Waals surface area contributed by atoms with E-state index in [4.69, 9.17) is 0 Å². The molecular weight excluding hydrogens is 328 g/mol. The van der Waals surface area contributed by atoms with E-state index in [0.717, 1.165) is 31.6 Å². The maximum absolute atomic E-state index is 12.6. The van der Waals surface area contributed by atoms with Gasteiger partial charge in [-0.2, -0.15) is 5.10 Å². The van der Waals surface area contributed by atoms with E-state index in [1.165, 1.54) is 0 Å². The van der Waals surface area contributed by atoms with Crippen LogP contribution in [0.5, 0.6) is 0 Å². The van der Waals surface area contributed by atoms with Gasteiger partial charge in [0.1, 0.15) is 0 Å². The van der Waals surface area contributed by atoms with Crippen molar-refractivity contribution in [3.63, 3.8) is 0 Å². The molecule has 1 saturated heterocycles. The number of nitrogens with one attached hydrogen (secondary N) is 1. The van der Waals surface area contributed by atoms with E-state index in [9.17, 15) is 9.59 Å². The lowest BCUT2D eigenvalue weighted by atomic mass is 10.1. The highest BCUT2D eigenvalue weighted by Crippen LogP contribution is 2.20. The van der Waals surface area contributed by atoms with Crippen LogP contribution in [-0.4, -0.2) is 39.6 Å². The predicted molar refractivity (Wildman–Crippen MR) is 101 cm³/mol. The van der Waals surface area contributed by atoms with Crippen LogP contribution >= 0.6 is 0 Å². The second-order valence-electron chi connectivity index (χ2n) is 7.76. The van der Waals surface area contributed by atoms with Crippen molar-refractivity contribution in [3.8, 4) is 0 Å². The predicted octanol–water partition coefficient (Wildman–Crippen LogP) is 3.43. The molecule has 0 bridgehead atoms. The molecule has 3 rings (SSSR count). The Hall–Kier alpha value is -2.63. The Labute approximate surface area is 154 Å². The molecule has 0 saturated carbocycles. The molecule has 0 spiro atoms. The number of hydrogen-bond acceptors (Lipinski definition) is 3. The minimum Gasteiger partial charge on any atom is -0.339 e. The number of carbonyl (C=O) groups excluding carboxylic acids is 2. The van der Waals surface area contributed by atoms with Crippen molar-refractivity contribution in [2.24, 2.45) is 0 Å². The summed E-state index contributed by atoms with van der Waals surface area (Å²) in [6.07, 6.45) is 3.74. The third kappa shape index (κ3) is 3.64. The average Bonchev–Trinajstić information content (AvgIpc) is 3.23. The van der Waals surface area contributed by atoms with Crippen LogP contribution in [0.1, 0.15) is 60.0 Å². The molecule has 26 heavy (non-hydrogen) atoms. The monoisotopic (exact) mass is 354 g/mol. The molecule has 138 valence electrons. The largest absolute Gasteiger partial charge is 0.339 e. The van der Waals surface area contributed by atoms with Gasteiger partial charge in [-0.05, 0) is 64.8 Å². The van der Waals surface area contributed by atoms with E-state index in [0.29, 0.717) is 16.8 Å². The Morgan fingerprint density at radius 1 is 1.08 bits per heavy atom. The maximum Gasteiger partial charge on any atom is 0.259 e. The second-order valence-corrected chi connectivity index (χ2v) is 7.76. The topological polar surface area (TPSA) is 67.2 Å². The highest BCUT2D eigenvalue weighted by atomic mass is 16.2. The number of anilines is 1. The molecule has 1 aliphatic rings. The minimum atomic E-state index is -0.198. The van der Waals surface area contributed by atoms with E-state index >= 15 is 0 Å². The van der Waals surface area contributed by atoms with Crippen molar-refractivity contribution in [1.29, 1.82) is 0 Å². The first-order valence-electron chi connectivity index (χ1n) is 9.03. The van der Waals surface area contributed by atoms with Gasteiger partial charge >= 0.3 is 0 Å². The highest BCUT2D eigenvalue weighted by Gasteiger charge is 2.22. The second kappa shape index (κ2) is 6.94. The lowest BCUT2D eigenvalue weighted by Crippen LogP contribution is -2.27. The number of likely N-dealkylation sites (tertiary alicyclic amines) is 1. The molecule has 2 aromatic rings. The van der Waals surface area contributed by atoms with E-state index in [1.807, 2.05) is 37.3 Å². The van der Waals surface area contributed by atoms with Gasteiger partial charge in [-0.15, -0.1) is 0 Å². The van der Waals surface area contributed by atoms with Gasteiger partial charge in [0.15, 0.2) is 0 Å².